The minimum absolute atomic E-state index is 0.240. The number of ether oxygens (including phenoxy) is 1. The summed E-state index contributed by atoms with van der Waals surface area (Å²) in [7, 11) is 0. The molecule has 1 aliphatic rings. The Morgan fingerprint density at radius 2 is 2.26 bits per heavy atom. The highest BCUT2D eigenvalue weighted by molar-refractivity contribution is 5.70. The predicted molar refractivity (Wildman–Crippen MR) is 69.9 cm³/mol. The fourth-order valence-corrected chi connectivity index (χ4v) is 1.86. The molecule has 0 atom stereocenters. The van der Waals surface area contributed by atoms with Crippen LogP contribution in [-0.4, -0.2) is 30.6 Å². The average molecular weight is 257 g/mol. The molecule has 5 nitrogen and oxygen atoms in total. The van der Waals surface area contributed by atoms with E-state index < -0.39 is 6.09 Å². The predicted octanol–water partition coefficient (Wildman–Crippen LogP) is 1.64. The Labute approximate surface area is 112 Å². The minimum atomic E-state index is -0.410. The Kier molecular flexibility index (Phi) is 4.54. The standard InChI is InChI=1S/C14H15N3O2/c15-7-6-13-10-16-8-9-17(13)14(18)19-11-12-4-2-1-3-5-12/h1-6,16H,8-11H2. The molecule has 19 heavy (non-hydrogen) atoms. The van der Waals surface area contributed by atoms with E-state index in [-0.39, 0.29) is 6.61 Å². The summed E-state index contributed by atoms with van der Waals surface area (Å²) in [5, 5.41) is 11.8. The lowest BCUT2D eigenvalue weighted by Crippen LogP contribution is -2.44. The van der Waals surface area contributed by atoms with Gasteiger partial charge in [0.05, 0.1) is 6.07 Å². The summed E-state index contributed by atoms with van der Waals surface area (Å²) in [5.74, 6) is 0. The lowest BCUT2D eigenvalue weighted by atomic mass is 10.2. The number of benzene rings is 1. The molecule has 1 saturated heterocycles. The van der Waals surface area contributed by atoms with Gasteiger partial charge in [-0.3, -0.25) is 4.90 Å². The van der Waals surface area contributed by atoms with E-state index in [1.165, 1.54) is 11.0 Å². The first-order valence-corrected chi connectivity index (χ1v) is 6.09. The second-order valence-electron chi connectivity index (χ2n) is 4.13. The number of rotatable bonds is 2. The molecule has 0 aliphatic carbocycles. The van der Waals surface area contributed by atoms with Crippen molar-refractivity contribution in [2.45, 2.75) is 6.61 Å². The summed E-state index contributed by atoms with van der Waals surface area (Å²) < 4.78 is 5.25. The molecule has 0 spiro atoms. The first-order chi connectivity index (χ1) is 9.31. The van der Waals surface area contributed by atoms with E-state index in [2.05, 4.69) is 5.32 Å². The molecule has 2 rings (SSSR count). The molecule has 1 heterocycles. The fourth-order valence-electron chi connectivity index (χ4n) is 1.86. The van der Waals surface area contributed by atoms with Crippen molar-refractivity contribution in [2.75, 3.05) is 19.6 Å². The zero-order valence-corrected chi connectivity index (χ0v) is 10.5. The van der Waals surface area contributed by atoms with Crippen LogP contribution in [-0.2, 0) is 11.3 Å². The quantitative estimate of drug-likeness (QED) is 0.818. The second kappa shape index (κ2) is 6.57. The summed E-state index contributed by atoms with van der Waals surface area (Å²) in [4.78, 5) is 13.5. The van der Waals surface area contributed by atoms with Gasteiger partial charge in [-0.1, -0.05) is 30.3 Å². The summed E-state index contributed by atoms with van der Waals surface area (Å²) in [6, 6.07) is 11.5. The Hall–Kier alpha value is -2.32. The minimum Gasteiger partial charge on any atom is -0.444 e. The first-order valence-electron chi connectivity index (χ1n) is 6.09. The van der Waals surface area contributed by atoms with Crippen LogP contribution in [0.4, 0.5) is 4.79 Å². The number of carbonyl (C=O) groups is 1. The van der Waals surface area contributed by atoms with Crippen molar-refractivity contribution in [3.05, 3.63) is 47.7 Å². The number of nitriles is 1. The maximum atomic E-state index is 12.0. The van der Waals surface area contributed by atoms with Crippen LogP contribution >= 0.6 is 0 Å². The normalized spacial score (nSPS) is 17.0. The lowest BCUT2D eigenvalue weighted by Gasteiger charge is -2.28. The van der Waals surface area contributed by atoms with Crippen molar-refractivity contribution >= 4 is 6.09 Å². The maximum Gasteiger partial charge on any atom is 0.414 e. The monoisotopic (exact) mass is 257 g/mol. The SMILES string of the molecule is N#CC=C1CNCCN1C(=O)OCc1ccccc1. The molecule has 5 heteroatoms. The summed E-state index contributed by atoms with van der Waals surface area (Å²) in [6.45, 7) is 1.96. The Balaban J connectivity index is 1.95. The Morgan fingerprint density at radius 1 is 1.47 bits per heavy atom. The van der Waals surface area contributed by atoms with E-state index in [0.717, 1.165) is 5.56 Å². The average Bonchev–Trinajstić information content (AvgIpc) is 2.47. The summed E-state index contributed by atoms with van der Waals surface area (Å²) in [6.07, 6.45) is 0.961. The number of amides is 1. The van der Waals surface area contributed by atoms with E-state index >= 15 is 0 Å². The molecule has 1 aromatic carbocycles. The van der Waals surface area contributed by atoms with Crippen LogP contribution < -0.4 is 5.32 Å². The van der Waals surface area contributed by atoms with Gasteiger partial charge < -0.3 is 10.1 Å². The summed E-state index contributed by atoms with van der Waals surface area (Å²) in [5.41, 5.74) is 1.59. The van der Waals surface area contributed by atoms with Crippen LogP contribution in [0.1, 0.15) is 5.56 Å². The molecule has 1 aliphatic heterocycles. The molecule has 0 unspecified atom stereocenters. The highest BCUT2D eigenvalue weighted by atomic mass is 16.6. The molecular formula is C14H15N3O2. The van der Waals surface area contributed by atoms with Gasteiger partial charge in [0.25, 0.3) is 0 Å². The van der Waals surface area contributed by atoms with Gasteiger partial charge >= 0.3 is 6.09 Å². The third kappa shape index (κ3) is 3.57. The zero-order chi connectivity index (χ0) is 13.5. The second-order valence-corrected chi connectivity index (χ2v) is 4.13. The van der Waals surface area contributed by atoms with E-state index in [1.54, 1.807) is 0 Å². The van der Waals surface area contributed by atoms with Crippen molar-refractivity contribution in [2.24, 2.45) is 0 Å². The summed E-state index contributed by atoms with van der Waals surface area (Å²) >= 11 is 0. The van der Waals surface area contributed by atoms with E-state index in [4.69, 9.17) is 10.00 Å². The Morgan fingerprint density at radius 3 is 3.00 bits per heavy atom. The topological polar surface area (TPSA) is 65.4 Å². The number of piperazine rings is 1. The number of nitrogens with one attached hydrogen (secondary N) is 1. The molecule has 1 aromatic rings. The zero-order valence-electron chi connectivity index (χ0n) is 10.5. The highest BCUT2D eigenvalue weighted by Gasteiger charge is 2.22. The molecule has 98 valence electrons. The lowest BCUT2D eigenvalue weighted by molar-refractivity contribution is 0.103. The highest BCUT2D eigenvalue weighted by Crippen LogP contribution is 2.10. The van der Waals surface area contributed by atoms with Gasteiger partial charge in [-0.15, -0.1) is 0 Å². The van der Waals surface area contributed by atoms with Crippen molar-refractivity contribution in [3.8, 4) is 6.07 Å². The van der Waals surface area contributed by atoms with Gasteiger partial charge in [0.2, 0.25) is 0 Å². The van der Waals surface area contributed by atoms with Gasteiger partial charge in [0.15, 0.2) is 0 Å². The van der Waals surface area contributed by atoms with E-state index in [9.17, 15) is 4.79 Å². The van der Waals surface area contributed by atoms with Crippen LogP contribution in [0.15, 0.2) is 42.1 Å². The number of nitrogens with zero attached hydrogens (tertiary/aromatic N) is 2. The fraction of sp³-hybridized carbons (Fsp3) is 0.286. The van der Waals surface area contributed by atoms with Gasteiger partial charge in [-0.2, -0.15) is 5.26 Å². The molecule has 1 N–H and O–H groups in total. The van der Waals surface area contributed by atoms with Gasteiger partial charge in [-0.25, -0.2) is 4.79 Å². The van der Waals surface area contributed by atoms with Crippen molar-refractivity contribution in [1.29, 1.82) is 5.26 Å². The van der Waals surface area contributed by atoms with Gasteiger partial charge in [0.1, 0.15) is 6.61 Å². The molecule has 0 radical (unpaired) electrons. The smallest absolute Gasteiger partial charge is 0.414 e. The van der Waals surface area contributed by atoms with Gasteiger partial charge in [-0.05, 0) is 5.56 Å². The molecule has 0 bridgehead atoms. The Bertz CT molecular complexity index is 505. The number of carbonyl (C=O) groups excluding carboxylic acids is 1. The van der Waals surface area contributed by atoms with Crippen LogP contribution in [0, 0.1) is 11.3 Å². The first kappa shape index (κ1) is 13.1. The van der Waals surface area contributed by atoms with Crippen molar-refractivity contribution in [1.82, 2.24) is 10.2 Å². The number of hydrogen-bond acceptors (Lipinski definition) is 4. The largest absolute Gasteiger partial charge is 0.444 e. The van der Waals surface area contributed by atoms with Crippen LogP contribution in [0.3, 0.4) is 0 Å². The van der Waals surface area contributed by atoms with Crippen LogP contribution in [0.5, 0.6) is 0 Å². The van der Waals surface area contributed by atoms with Crippen LogP contribution in [0.25, 0.3) is 0 Å². The van der Waals surface area contributed by atoms with E-state index in [0.29, 0.717) is 25.3 Å². The third-order valence-corrected chi connectivity index (χ3v) is 2.82. The van der Waals surface area contributed by atoms with Crippen molar-refractivity contribution in [3.63, 3.8) is 0 Å². The number of allylic oxidation sites excluding steroid dienone is 1. The molecule has 1 amide bonds. The molecule has 0 aromatic heterocycles. The van der Waals surface area contributed by atoms with Gasteiger partial charge in [0, 0.05) is 31.4 Å². The molecular weight excluding hydrogens is 242 g/mol. The van der Waals surface area contributed by atoms with E-state index in [1.807, 2.05) is 36.4 Å². The number of hydrogen-bond donors (Lipinski definition) is 1. The molecule has 0 saturated carbocycles. The van der Waals surface area contributed by atoms with Crippen LogP contribution in [0.2, 0.25) is 0 Å². The molecule has 1 fully saturated rings. The maximum absolute atomic E-state index is 12.0. The van der Waals surface area contributed by atoms with Crippen molar-refractivity contribution < 1.29 is 9.53 Å². The third-order valence-electron chi connectivity index (χ3n) is 2.82.